The number of carbonyl (C=O) groups excluding carboxylic acids is 1. The first-order valence-corrected chi connectivity index (χ1v) is 4.73. The summed E-state index contributed by atoms with van der Waals surface area (Å²) in [5, 5.41) is 3.53. The second-order valence-electron chi connectivity index (χ2n) is 3.62. The van der Waals surface area contributed by atoms with E-state index in [1.165, 1.54) is 0 Å². The van der Waals surface area contributed by atoms with Crippen LogP contribution in [0.4, 0.5) is 5.82 Å². The van der Waals surface area contributed by atoms with E-state index in [9.17, 15) is 4.79 Å². The second kappa shape index (κ2) is 3.34. The summed E-state index contributed by atoms with van der Waals surface area (Å²) in [6.45, 7) is 3.85. The Hall–Kier alpha value is -1.91. The highest BCUT2D eigenvalue weighted by Crippen LogP contribution is 2.27. The Morgan fingerprint density at radius 3 is 2.87 bits per heavy atom. The van der Waals surface area contributed by atoms with Crippen molar-refractivity contribution in [3.63, 3.8) is 0 Å². The predicted octanol–water partition coefficient (Wildman–Crippen LogP) is 0.499. The van der Waals surface area contributed by atoms with E-state index in [2.05, 4.69) is 10.1 Å². The smallest absolute Gasteiger partial charge is 0.280 e. The van der Waals surface area contributed by atoms with Gasteiger partial charge in [0.15, 0.2) is 5.71 Å². The lowest BCUT2D eigenvalue weighted by Crippen LogP contribution is -2.36. The summed E-state index contributed by atoms with van der Waals surface area (Å²) in [6.07, 6.45) is 1.65. The number of aromatic nitrogens is 1. The van der Waals surface area contributed by atoms with Crippen LogP contribution in [0.2, 0.25) is 0 Å². The van der Waals surface area contributed by atoms with E-state index in [4.69, 9.17) is 5.84 Å². The van der Waals surface area contributed by atoms with Gasteiger partial charge in [0.05, 0.1) is 5.56 Å². The zero-order valence-electron chi connectivity index (χ0n) is 8.64. The molecular weight excluding hydrogens is 192 g/mol. The lowest BCUT2D eigenvalue weighted by molar-refractivity contribution is -0.112. The molecule has 0 aliphatic carbocycles. The fourth-order valence-corrected chi connectivity index (χ4v) is 1.70. The van der Waals surface area contributed by atoms with Gasteiger partial charge in [-0.1, -0.05) is 0 Å². The maximum atomic E-state index is 11.9. The van der Waals surface area contributed by atoms with Crippen LogP contribution in [0.5, 0.6) is 0 Å². The number of hydrogen-bond donors (Lipinski definition) is 1. The van der Waals surface area contributed by atoms with Crippen LogP contribution in [-0.4, -0.2) is 22.6 Å². The molecule has 0 saturated carbocycles. The van der Waals surface area contributed by atoms with E-state index in [-0.39, 0.29) is 17.7 Å². The van der Waals surface area contributed by atoms with E-state index in [0.717, 1.165) is 0 Å². The lowest BCUT2D eigenvalue weighted by atomic mass is 10.2. The van der Waals surface area contributed by atoms with Gasteiger partial charge in [0, 0.05) is 12.2 Å². The van der Waals surface area contributed by atoms with Gasteiger partial charge >= 0.3 is 0 Å². The fraction of sp³-hybridized carbons (Fsp3) is 0.300. The number of hydrazone groups is 1. The van der Waals surface area contributed by atoms with Gasteiger partial charge in [-0.3, -0.25) is 9.69 Å². The molecule has 0 aromatic carbocycles. The fourth-order valence-electron chi connectivity index (χ4n) is 1.70. The molecule has 1 amide bonds. The number of anilines is 1. The van der Waals surface area contributed by atoms with Crippen molar-refractivity contribution in [1.82, 2.24) is 4.98 Å². The van der Waals surface area contributed by atoms with Crippen LogP contribution in [-0.2, 0) is 4.79 Å². The number of fused-ring (bicyclic) bond motifs is 1. The highest BCUT2D eigenvalue weighted by atomic mass is 16.2. The molecule has 1 aliphatic heterocycles. The Kier molecular flexibility index (Phi) is 2.15. The van der Waals surface area contributed by atoms with E-state index < -0.39 is 0 Å². The van der Waals surface area contributed by atoms with Crippen LogP contribution in [0.25, 0.3) is 0 Å². The summed E-state index contributed by atoms with van der Waals surface area (Å²) in [6, 6.07) is 3.61. The van der Waals surface area contributed by atoms with Crippen molar-refractivity contribution in [2.24, 2.45) is 10.9 Å². The average Bonchev–Trinajstić information content (AvgIpc) is 2.49. The van der Waals surface area contributed by atoms with Gasteiger partial charge in [0.2, 0.25) is 0 Å². The Bertz CT molecular complexity index is 439. The molecule has 15 heavy (non-hydrogen) atoms. The molecule has 5 heteroatoms. The molecular formula is C10H12N4O. The molecule has 0 bridgehead atoms. The minimum Gasteiger partial charge on any atom is -0.322 e. The number of amides is 1. The second-order valence-corrected chi connectivity index (χ2v) is 3.62. The molecule has 2 rings (SSSR count). The number of rotatable bonds is 1. The summed E-state index contributed by atoms with van der Waals surface area (Å²) in [7, 11) is 0. The SMILES string of the molecule is CC(C)N1C(=O)/C(=N/N)c2cccnc21. The highest BCUT2D eigenvalue weighted by molar-refractivity contribution is 6.54. The van der Waals surface area contributed by atoms with E-state index in [1.54, 1.807) is 23.2 Å². The minimum atomic E-state index is -0.179. The number of pyridine rings is 1. The number of carbonyl (C=O) groups is 1. The molecule has 0 spiro atoms. The third-order valence-electron chi connectivity index (χ3n) is 2.34. The van der Waals surface area contributed by atoms with Crippen molar-refractivity contribution < 1.29 is 4.79 Å². The summed E-state index contributed by atoms with van der Waals surface area (Å²) in [4.78, 5) is 17.7. The summed E-state index contributed by atoms with van der Waals surface area (Å²) >= 11 is 0. The van der Waals surface area contributed by atoms with Gasteiger partial charge in [0.25, 0.3) is 5.91 Å². The van der Waals surface area contributed by atoms with Crippen LogP contribution < -0.4 is 10.7 Å². The van der Waals surface area contributed by atoms with Crippen LogP contribution in [0.3, 0.4) is 0 Å². The van der Waals surface area contributed by atoms with Crippen molar-refractivity contribution in [1.29, 1.82) is 0 Å². The Morgan fingerprint density at radius 2 is 2.27 bits per heavy atom. The van der Waals surface area contributed by atoms with Gasteiger partial charge in [0.1, 0.15) is 5.82 Å². The number of nitrogens with zero attached hydrogens (tertiary/aromatic N) is 3. The first-order chi connectivity index (χ1) is 7.16. The Balaban J connectivity index is 2.62. The molecule has 0 radical (unpaired) electrons. The zero-order chi connectivity index (χ0) is 11.0. The normalized spacial score (nSPS) is 17.7. The maximum absolute atomic E-state index is 11.9. The average molecular weight is 204 g/mol. The molecule has 1 aromatic rings. The van der Waals surface area contributed by atoms with Crippen LogP contribution in [0.1, 0.15) is 19.4 Å². The van der Waals surface area contributed by atoms with Crippen LogP contribution in [0.15, 0.2) is 23.4 Å². The van der Waals surface area contributed by atoms with Crippen molar-refractivity contribution in [3.8, 4) is 0 Å². The zero-order valence-corrected chi connectivity index (χ0v) is 8.64. The summed E-state index contributed by atoms with van der Waals surface area (Å²) in [5.41, 5.74) is 0.991. The van der Waals surface area contributed by atoms with Crippen molar-refractivity contribution in [2.45, 2.75) is 19.9 Å². The van der Waals surface area contributed by atoms with Crippen LogP contribution >= 0.6 is 0 Å². The Morgan fingerprint density at radius 1 is 1.53 bits per heavy atom. The standard InChI is InChI=1S/C10H12N4O/c1-6(2)14-9-7(4-3-5-12-9)8(13-11)10(14)15/h3-6H,11H2,1-2H3/b13-8+. The number of hydrogen-bond acceptors (Lipinski definition) is 4. The molecule has 0 unspecified atom stereocenters. The summed E-state index contributed by atoms with van der Waals surface area (Å²) in [5.74, 6) is 5.68. The summed E-state index contributed by atoms with van der Waals surface area (Å²) < 4.78 is 0. The quantitative estimate of drug-likeness (QED) is 0.535. The van der Waals surface area contributed by atoms with Crippen LogP contribution in [0, 0.1) is 0 Å². The molecule has 2 heterocycles. The van der Waals surface area contributed by atoms with E-state index >= 15 is 0 Å². The maximum Gasteiger partial charge on any atom is 0.280 e. The van der Waals surface area contributed by atoms with Gasteiger partial charge in [-0.15, -0.1) is 0 Å². The third-order valence-corrected chi connectivity index (χ3v) is 2.34. The van der Waals surface area contributed by atoms with Gasteiger partial charge < -0.3 is 5.84 Å². The molecule has 0 atom stereocenters. The molecule has 1 aromatic heterocycles. The molecule has 78 valence electrons. The third kappa shape index (κ3) is 1.27. The van der Waals surface area contributed by atoms with Gasteiger partial charge in [-0.25, -0.2) is 4.98 Å². The lowest BCUT2D eigenvalue weighted by Gasteiger charge is -2.19. The first-order valence-electron chi connectivity index (χ1n) is 4.73. The molecule has 5 nitrogen and oxygen atoms in total. The van der Waals surface area contributed by atoms with Crippen molar-refractivity contribution in [3.05, 3.63) is 23.9 Å². The highest BCUT2D eigenvalue weighted by Gasteiger charge is 2.36. The molecule has 1 aliphatic rings. The molecule has 2 N–H and O–H groups in total. The Labute approximate surface area is 87.6 Å². The minimum absolute atomic E-state index is 0.0467. The predicted molar refractivity (Wildman–Crippen MR) is 57.6 cm³/mol. The molecule has 0 saturated heterocycles. The first kappa shape index (κ1) is 9.64. The van der Waals surface area contributed by atoms with Crippen molar-refractivity contribution in [2.75, 3.05) is 4.90 Å². The van der Waals surface area contributed by atoms with E-state index in [0.29, 0.717) is 11.4 Å². The monoisotopic (exact) mass is 204 g/mol. The molecule has 0 fully saturated rings. The van der Waals surface area contributed by atoms with Gasteiger partial charge in [-0.2, -0.15) is 5.10 Å². The van der Waals surface area contributed by atoms with Crippen molar-refractivity contribution >= 4 is 17.4 Å². The number of nitrogens with two attached hydrogens (primary N) is 1. The van der Waals surface area contributed by atoms with E-state index in [1.807, 2.05) is 13.8 Å². The largest absolute Gasteiger partial charge is 0.322 e. The topological polar surface area (TPSA) is 71.6 Å². The van der Waals surface area contributed by atoms with Gasteiger partial charge in [-0.05, 0) is 26.0 Å².